The van der Waals surface area contributed by atoms with Gasteiger partial charge in [0.2, 0.25) is 21.8 Å². The van der Waals surface area contributed by atoms with Crippen molar-refractivity contribution in [2.24, 2.45) is 0 Å². The van der Waals surface area contributed by atoms with Gasteiger partial charge in [-0.25, -0.2) is 8.42 Å². The highest BCUT2D eigenvalue weighted by Gasteiger charge is 2.31. The molecule has 0 spiro atoms. The van der Waals surface area contributed by atoms with Gasteiger partial charge in [0.05, 0.1) is 22.0 Å². The average Bonchev–Trinajstić information content (AvgIpc) is 3.02. The summed E-state index contributed by atoms with van der Waals surface area (Å²) in [5.41, 5.74) is 2.02. The maximum Gasteiger partial charge on any atom is 0.243 e. The lowest BCUT2D eigenvalue weighted by Gasteiger charge is -2.33. The second-order valence-electron chi connectivity index (χ2n) is 11.1. The Bertz CT molecular complexity index is 1590. The minimum Gasteiger partial charge on any atom is -0.486 e. The van der Waals surface area contributed by atoms with Crippen LogP contribution in [0.1, 0.15) is 44.2 Å². The lowest BCUT2D eigenvalue weighted by Crippen LogP contribution is -2.52. The van der Waals surface area contributed by atoms with Gasteiger partial charge >= 0.3 is 0 Å². The molecule has 242 valence electrons. The predicted molar refractivity (Wildman–Crippen MR) is 178 cm³/mol. The summed E-state index contributed by atoms with van der Waals surface area (Å²) in [5, 5.41) is 3.77. The van der Waals surface area contributed by atoms with Crippen LogP contribution in [0.3, 0.4) is 0 Å². The van der Waals surface area contributed by atoms with Crippen LogP contribution >= 0.6 is 23.2 Å². The van der Waals surface area contributed by atoms with Crippen LogP contribution in [-0.2, 0) is 32.6 Å². The topological polar surface area (TPSA) is 105 Å². The Morgan fingerprint density at radius 1 is 0.933 bits per heavy atom. The summed E-state index contributed by atoms with van der Waals surface area (Å²) in [6.07, 6.45) is 2.36. The number of amides is 2. The summed E-state index contributed by atoms with van der Waals surface area (Å²) in [5.74, 6) is 0.451. The first-order valence-corrected chi connectivity index (χ1v) is 17.5. The van der Waals surface area contributed by atoms with Gasteiger partial charge in [-0.05, 0) is 55.2 Å². The van der Waals surface area contributed by atoms with Crippen LogP contribution in [0.15, 0.2) is 66.7 Å². The van der Waals surface area contributed by atoms with Gasteiger partial charge in [0.25, 0.3) is 0 Å². The summed E-state index contributed by atoms with van der Waals surface area (Å²) < 4.78 is 38.1. The minimum atomic E-state index is -3.69. The van der Waals surface area contributed by atoms with Crippen molar-refractivity contribution >= 4 is 50.7 Å². The Labute approximate surface area is 275 Å². The van der Waals surface area contributed by atoms with Gasteiger partial charge in [0.1, 0.15) is 19.3 Å². The van der Waals surface area contributed by atoms with E-state index in [0.29, 0.717) is 52.4 Å². The van der Waals surface area contributed by atoms with E-state index in [1.54, 1.807) is 41.3 Å². The van der Waals surface area contributed by atoms with Crippen molar-refractivity contribution in [3.63, 3.8) is 0 Å². The van der Waals surface area contributed by atoms with E-state index in [1.807, 2.05) is 44.2 Å². The van der Waals surface area contributed by atoms with Gasteiger partial charge in [0.15, 0.2) is 11.5 Å². The minimum absolute atomic E-state index is 0.000204. The highest BCUT2D eigenvalue weighted by Crippen LogP contribution is 2.35. The molecule has 9 nitrogen and oxygen atoms in total. The molecule has 1 N–H and O–H groups in total. The number of rotatable bonds is 14. The Hall–Kier alpha value is -3.47. The smallest absolute Gasteiger partial charge is 0.243 e. The highest BCUT2D eigenvalue weighted by atomic mass is 35.5. The van der Waals surface area contributed by atoms with Crippen molar-refractivity contribution in [3.8, 4) is 11.5 Å². The van der Waals surface area contributed by atoms with E-state index in [0.717, 1.165) is 18.2 Å². The molecule has 0 aromatic heterocycles. The van der Waals surface area contributed by atoms with Crippen molar-refractivity contribution < 1.29 is 27.5 Å². The number of nitrogens with zero attached hydrogens (tertiary/aromatic N) is 2. The number of carbonyl (C=O) groups excluding carboxylic acids is 2. The molecule has 0 aliphatic carbocycles. The molecule has 2 atom stereocenters. The molecule has 1 heterocycles. The van der Waals surface area contributed by atoms with Crippen molar-refractivity contribution in [3.05, 3.63) is 87.9 Å². The molecule has 0 radical (unpaired) electrons. The number of anilines is 1. The van der Waals surface area contributed by atoms with Crippen molar-refractivity contribution in [1.29, 1.82) is 0 Å². The van der Waals surface area contributed by atoms with Crippen LogP contribution in [0.5, 0.6) is 11.5 Å². The Balaban J connectivity index is 1.60. The molecule has 3 aromatic carbocycles. The zero-order valence-corrected chi connectivity index (χ0v) is 28.0. The van der Waals surface area contributed by atoms with Crippen LogP contribution in [0.4, 0.5) is 5.69 Å². The maximum absolute atomic E-state index is 14.0. The molecular formula is C33H39Cl2N3O6S. The molecule has 2 amide bonds. The molecule has 0 fully saturated rings. The number of halogens is 2. The van der Waals surface area contributed by atoms with E-state index in [-0.39, 0.29) is 43.8 Å². The fourth-order valence-electron chi connectivity index (χ4n) is 5.02. The van der Waals surface area contributed by atoms with Crippen LogP contribution in [0, 0.1) is 0 Å². The lowest BCUT2D eigenvalue weighted by atomic mass is 10.0. The lowest BCUT2D eigenvalue weighted by molar-refractivity contribution is -0.141. The summed E-state index contributed by atoms with van der Waals surface area (Å²) >= 11 is 12.5. The number of hydrogen-bond donors (Lipinski definition) is 1. The third-order valence-electron chi connectivity index (χ3n) is 7.57. The van der Waals surface area contributed by atoms with E-state index < -0.39 is 16.1 Å². The molecule has 1 aliphatic heterocycles. The van der Waals surface area contributed by atoms with Gasteiger partial charge in [-0.1, -0.05) is 66.5 Å². The molecule has 0 saturated carbocycles. The molecular weight excluding hydrogens is 637 g/mol. The Morgan fingerprint density at radius 3 is 2.31 bits per heavy atom. The van der Waals surface area contributed by atoms with Crippen molar-refractivity contribution in [2.75, 3.05) is 30.3 Å². The second kappa shape index (κ2) is 15.7. The molecule has 0 unspecified atom stereocenters. The molecule has 3 aromatic rings. The van der Waals surface area contributed by atoms with Gasteiger partial charge in [-0.3, -0.25) is 13.9 Å². The molecule has 45 heavy (non-hydrogen) atoms. The molecule has 0 saturated heterocycles. The monoisotopic (exact) mass is 675 g/mol. The van der Waals surface area contributed by atoms with E-state index in [2.05, 4.69) is 5.32 Å². The third kappa shape index (κ3) is 9.51. The van der Waals surface area contributed by atoms with Crippen LogP contribution in [0.25, 0.3) is 0 Å². The SMILES string of the molecule is CC[C@H](C)NC(=O)[C@@H](Cc1ccccc1)N(Cc1ccc(Cl)c(Cl)c1)C(=O)CCCN(c1ccc2c(c1)OCCO2)S(C)(=O)=O. The summed E-state index contributed by atoms with van der Waals surface area (Å²) in [7, 11) is -3.69. The predicted octanol–water partition coefficient (Wildman–Crippen LogP) is 5.87. The number of ether oxygens (including phenoxy) is 2. The molecule has 4 rings (SSSR count). The first kappa shape index (κ1) is 34.4. The Kier molecular flexibility index (Phi) is 12.0. The number of hydrogen-bond acceptors (Lipinski definition) is 6. The van der Waals surface area contributed by atoms with E-state index in [1.165, 1.54) is 4.31 Å². The first-order valence-electron chi connectivity index (χ1n) is 14.9. The second-order valence-corrected chi connectivity index (χ2v) is 13.8. The van der Waals surface area contributed by atoms with Crippen LogP contribution in [-0.4, -0.2) is 63.2 Å². The number of carbonyl (C=O) groups is 2. The fraction of sp³-hybridized carbons (Fsp3) is 0.394. The third-order valence-corrected chi connectivity index (χ3v) is 9.51. The molecule has 1 aliphatic rings. The summed E-state index contributed by atoms with van der Waals surface area (Å²) in [6, 6.07) is 18.7. The standard InChI is InChI=1S/C33H39Cl2N3O6S/c1-4-23(2)36-33(40)29(20-24-9-6-5-7-10-24)37(22-25-12-14-27(34)28(35)19-25)32(39)11-8-16-38(45(3,41)42)26-13-15-30-31(21-26)44-18-17-43-30/h5-7,9-10,12-15,19,21,23,29H,4,8,11,16-18,20,22H2,1-3H3,(H,36,40)/t23-,29+/m0/s1. The largest absolute Gasteiger partial charge is 0.486 e. The van der Waals surface area contributed by atoms with E-state index in [4.69, 9.17) is 32.7 Å². The number of benzene rings is 3. The van der Waals surface area contributed by atoms with Gasteiger partial charge < -0.3 is 19.7 Å². The fourth-order valence-corrected chi connectivity index (χ4v) is 6.30. The van der Waals surface area contributed by atoms with Gasteiger partial charge in [-0.15, -0.1) is 0 Å². The summed E-state index contributed by atoms with van der Waals surface area (Å²) in [6.45, 7) is 4.84. The van der Waals surface area contributed by atoms with Gasteiger partial charge in [0, 0.05) is 38.0 Å². The molecule has 0 bridgehead atoms. The summed E-state index contributed by atoms with van der Waals surface area (Å²) in [4.78, 5) is 29.3. The zero-order valence-electron chi connectivity index (χ0n) is 25.7. The number of sulfonamides is 1. The van der Waals surface area contributed by atoms with E-state index >= 15 is 0 Å². The van der Waals surface area contributed by atoms with Crippen molar-refractivity contribution in [2.45, 2.75) is 58.2 Å². The molecule has 12 heteroatoms. The van der Waals surface area contributed by atoms with Crippen LogP contribution in [0.2, 0.25) is 10.0 Å². The highest BCUT2D eigenvalue weighted by molar-refractivity contribution is 7.92. The first-order chi connectivity index (χ1) is 21.5. The quantitative estimate of drug-likeness (QED) is 0.229. The normalized spacial score (nSPS) is 13.9. The van der Waals surface area contributed by atoms with Crippen LogP contribution < -0.4 is 19.1 Å². The van der Waals surface area contributed by atoms with Gasteiger partial charge in [-0.2, -0.15) is 0 Å². The average molecular weight is 677 g/mol. The zero-order chi connectivity index (χ0) is 32.6. The Morgan fingerprint density at radius 2 is 1.64 bits per heavy atom. The number of nitrogens with one attached hydrogen (secondary N) is 1. The van der Waals surface area contributed by atoms with Crippen molar-refractivity contribution in [1.82, 2.24) is 10.2 Å². The number of fused-ring (bicyclic) bond motifs is 1. The maximum atomic E-state index is 14.0. The van der Waals surface area contributed by atoms with E-state index in [9.17, 15) is 18.0 Å².